The first-order valence-electron chi connectivity index (χ1n) is 10.5. The van der Waals surface area contributed by atoms with E-state index >= 15 is 0 Å². The molecule has 8 heteroatoms. The highest BCUT2D eigenvalue weighted by molar-refractivity contribution is 7.99. The maximum absolute atomic E-state index is 6.13. The van der Waals surface area contributed by atoms with Crippen LogP contribution in [0.25, 0.3) is 17.1 Å². The Morgan fingerprint density at radius 3 is 2.71 bits per heavy atom. The number of aromatic nitrogens is 3. The fourth-order valence-corrected chi connectivity index (χ4v) is 4.54. The summed E-state index contributed by atoms with van der Waals surface area (Å²) in [5.41, 5.74) is 8.92. The molecule has 31 heavy (non-hydrogen) atoms. The maximum Gasteiger partial charge on any atom is 0.174 e. The standard InChI is InChI=1S/C23H29N5O2S/c1-5-15-13-17-18(30-12-11-29-17)14-19(15)31-22-27-20-16(7-9-25-21(20)24)28(22)10-6-8-26-23(2,3)4/h5,7,9,13-14,26H,1,6,8,10-12H2,2-4H3,(H2,24,25). The molecule has 0 bridgehead atoms. The monoisotopic (exact) mass is 439 g/mol. The SMILES string of the molecule is C=Cc1cc2c(cc1Sc1nc3c(N)nccc3n1CCCNC(C)(C)C)OCCO2. The average Bonchev–Trinajstić information content (AvgIpc) is 3.08. The summed E-state index contributed by atoms with van der Waals surface area (Å²) < 4.78 is 13.7. The van der Waals surface area contributed by atoms with Crippen molar-refractivity contribution in [3.05, 3.63) is 36.5 Å². The number of anilines is 1. The Balaban J connectivity index is 1.67. The van der Waals surface area contributed by atoms with E-state index in [1.165, 1.54) is 0 Å². The molecule has 1 aliphatic heterocycles. The molecule has 1 aromatic carbocycles. The highest BCUT2D eigenvalue weighted by Gasteiger charge is 2.19. The summed E-state index contributed by atoms with van der Waals surface area (Å²) in [6, 6.07) is 5.95. The zero-order valence-electron chi connectivity index (χ0n) is 18.3. The van der Waals surface area contributed by atoms with Crippen molar-refractivity contribution in [1.82, 2.24) is 19.9 Å². The van der Waals surface area contributed by atoms with Crippen LogP contribution in [-0.4, -0.2) is 39.8 Å². The van der Waals surface area contributed by atoms with Crippen molar-refractivity contribution in [3.63, 3.8) is 0 Å². The zero-order valence-corrected chi connectivity index (χ0v) is 19.1. The van der Waals surface area contributed by atoms with E-state index in [1.807, 2.05) is 24.3 Å². The van der Waals surface area contributed by atoms with Gasteiger partial charge in [-0.3, -0.25) is 0 Å². The molecule has 2 aromatic heterocycles. The molecule has 3 N–H and O–H groups in total. The van der Waals surface area contributed by atoms with Gasteiger partial charge in [0.05, 0.1) is 5.52 Å². The molecule has 0 saturated carbocycles. The summed E-state index contributed by atoms with van der Waals surface area (Å²) in [4.78, 5) is 10.1. The van der Waals surface area contributed by atoms with Crippen molar-refractivity contribution in [2.45, 2.75) is 49.3 Å². The van der Waals surface area contributed by atoms with E-state index in [2.05, 4.69) is 42.2 Å². The molecule has 164 valence electrons. The molecule has 0 saturated heterocycles. The lowest BCUT2D eigenvalue weighted by Crippen LogP contribution is -2.36. The van der Waals surface area contributed by atoms with Crippen LogP contribution in [0.3, 0.4) is 0 Å². The van der Waals surface area contributed by atoms with Gasteiger partial charge in [-0.15, -0.1) is 0 Å². The van der Waals surface area contributed by atoms with Gasteiger partial charge in [-0.2, -0.15) is 0 Å². The Kier molecular flexibility index (Phi) is 6.11. The topological polar surface area (TPSA) is 87.2 Å². The Morgan fingerprint density at radius 2 is 2.00 bits per heavy atom. The van der Waals surface area contributed by atoms with E-state index in [9.17, 15) is 0 Å². The number of aryl methyl sites for hydroxylation is 1. The maximum atomic E-state index is 6.13. The van der Waals surface area contributed by atoms with E-state index in [4.69, 9.17) is 20.2 Å². The fraction of sp³-hybridized carbons (Fsp3) is 0.391. The first kappa shape index (κ1) is 21.5. The second-order valence-corrected chi connectivity index (χ2v) is 9.49. The number of hydrogen-bond donors (Lipinski definition) is 2. The summed E-state index contributed by atoms with van der Waals surface area (Å²) in [6.45, 7) is 13.3. The van der Waals surface area contributed by atoms with Crippen LogP contribution in [0.1, 0.15) is 32.8 Å². The van der Waals surface area contributed by atoms with E-state index in [1.54, 1.807) is 18.0 Å². The van der Waals surface area contributed by atoms with Gasteiger partial charge in [0.25, 0.3) is 0 Å². The van der Waals surface area contributed by atoms with Gasteiger partial charge < -0.3 is 25.1 Å². The first-order chi connectivity index (χ1) is 14.9. The molecule has 4 rings (SSSR count). The van der Waals surface area contributed by atoms with Crippen molar-refractivity contribution in [2.24, 2.45) is 0 Å². The van der Waals surface area contributed by atoms with E-state index in [-0.39, 0.29) is 5.54 Å². The molecule has 3 aromatic rings. The Bertz CT molecular complexity index is 1100. The number of ether oxygens (including phenoxy) is 2. The summed E-state index contributed by atoms with van der Waals surface area (Å²) >= 11 is 1.58. The second kappa shape index (κ2) is 8.80. The molecular formula is C23H29N5O2S. The van der Waals surface area contributed by atoms with E-state index in [0.29, 0.717) is 19.0 Å². The lowest BCUT2D eigenvalue weighted by atomic mass is 10.1. The number of hydrogen-bond acceptors (Lipinski definition) is 7. The van der Waals surface area contributed by atoms with Crippen LogP contribution >= 0.6 is 11.8 Å². The molecule has 3 heterocycles. The first-order valence-corrected chi connectivity index (χ1v) is 11.3. The molecule has 0 spiro atoms. The molecule has 0 aliphatic carbocycles. The number of nitrogens with two attached hydrogens (primary N) is 1. The molecule has 0 atom stereocenters. The van der Waals surface area contributed by atoms with E-state index in [0.717, 1.165) is 57.7 Å². The van der Waals surface area contributed by atoms with Gasteiger partial charge in [-0.05, 0) is 57.5 Å². The van der Waals surface area contributed by atoms with Crippen molar-refractivity contribution in [2.75, 3.05) is 25.5 Å². The summed E-state index contributed by atoms with van der Waals surface area (Å²) in [5.74, 6) is 1.94. The zero-order chi connectivity index (χ0) is 22.0. The second-order valence-electron chi connectivity index (χ2n) is 8.48. The van der Waals surface area contributed by atoms with Crippen molar-refractivity contribution in [1.29, 1.82) is 0 Å². The number of imidazole rings is 1. The number of nitrogens with zero attached hydrogens (tertiary/aromatic N) is 3. The molecule has 1 aliphatic rings. The van der Waals surface area contributed by atoms with Gasteiger partial charge in [0.15, 0.2) is 22.5 Å². The van der Waals surface area contributed by atoms with Gasteiger partial charge in [-0.25, -0.2) is 9.97 Å². The van der Waals surface area contributed by atoms with Crippen LogP contribution in [0.15, 0.2) is 41.0 Å². The quantitative estimate of drug-likeness (QED) is 0.529. The van der Waals surface area contributed by atoms with Crippen molar-refractivity contribution >= 4 is 34.7 Å². The predicted molar refractivity (Wildman–Crippen MR) is 126 cm³/mol. The number of nitrogens with one attached hydrogen (secondary N) is 1. The number of benzene rings is 1. The summed E-state index contributed by atoms with van der Waals surface area (Å²) in [6.07, 6.45) is 4.53. The van der Waals surface area contributed by atoms with E-state index < -0.39 is 0 Å². The fourth-order valence-electron chi connectivity index (χ4n) is 3.48. The van der Waals surface area contributed by atoms with Gasteiger partial charge in [0.2, 0.25) is 0 Å². The minimum atomic E-state index is 0.0903. The molecule has 7 nitrogen and oxygen atoms in total. The van der Waals surface area contributed by atoms with Crippen molar-refractivity contribution in [3.8, 4) is 11.5 Å². The van der Waals surface area contributed by atoms with Crippen LogP contribution in [-0.2, 0) is 6.54 Å². The van der Waals surface area contributed by atoms with Gasteiger partial charge in [-0.1, -0.05) is 24.4 Å². The third-order valence-corrected chi connectivity index (χ3v) is 6.04. The highest BCUT2D eigenvalue weighted by Crippen LogP contribution is 2.41. The average molecular weight is 440 g/mol. The predicted octanol–water partition coefficient (Wildman–Crippen LogP) is 4.36. The van der Waals surface area contributed by atoms with Gasteiger partial charge in [0.1, 0.15) is 18.7 Å². The lowest BCUT2D eigenvalue weighted by molar-refractivity contribution is 0.171. The minimum Gasteiger partial charge on any atom is -0.486 e. The van der Waals surface area contributed by atoms with Crippen molar-refractivity contribution < 1.29 is 9.47 Å². The lowest BCUT2D eigenvalue weighted by Gasteiger charge is -2.21. The summed E-state index contributed by atoms with van der Waals surface area (Å²) in [7, 11) is 0. The van der Waals surface area contributed by atoms with Crippen LogP contribution in [0.5, 0.6) is 11.5 Å². The van der Waals surface area contributed by atoms with Crippen LogP contribution in [0.4, 0.5) is 5.82 Å². The molecule has 0 radical (unpaired) electrons. The third-order valence-electron chi connectivity index (χ3n) is 4.97. The summed E-state index contributed by atoms with van der Waals surface area (Å²) in [5, 5.41) is 4.41. The normalized spacial score (nSPS) is 13.5. The molecule has 0 unspecified atom stereocenters. The molecule has 0 amide bonds. The number of rotatable bonds is 7. The molecular weight excluding hydrogens is 410 g/mol. The Labute approximate surface area is 187 Å². The third kappa shape index (κ3) is 4.80. The van der Waals surface area contributed by atoms with Crippen LogP contribution in [0, 0.1) is 0 Å². The number of fused-ring (bicyclic) bond motifs is 2. The van der Waals surface area contributed by atoms with Crippen LogP contribution in [0.2, 0.25) is 0 Å². The Morgan fingerprint density at radius 1 is 1.26 bits per heavy atom. The molecule has 0 fully saturated rings. The van der Waals surface area contributed by atoms with Gasteiger partial charge >= 0.3 is 0 Å². The smallest absolute Gasteiger partial charge is 0.174 e. The van der Waals surface area contributed by atoms with Gasteiger partial charge in [0, 0.05) is 23.2 Å². The number of pyridine rings is 1. The highest BCUT2D eigenvalue weighted by atomic mass is 32.2. The Hall–Kier alpha value is -2.71. The number of nitrogen functional groups attached to an aromatic ring is 1. The van der Waals surface area contributed by atoms with Crippen LogP contribution < -0.4 is 20.5 Å². The largest absolute Gasteiger partial charge is 0.486 e. The minimum absolute atomic E-state index is 0.0903.